The fourth-order valence-corrected chi connectivity index (χ4v) is 5.12. The van der Waals surface area contributed by atoms with Gasteiger partial charge in [-0.3, -0.25) is 4.79 Å². The molecule has 0 fully saturated rings. The van der Waals surface area contributed by atoms with Gasteiger partial charge >= 0.3 is 0 Å². The van der Waals surface area contributed by atoms with Crippen molar-refractivity contribution < 1.29 is 14.2 Å². The molecule has 0 aliphatic heterocycles. The first-order valence-corrected chi connectivity index (χ1v) is 15.6. The average molecular weight is 548 g/mol. The Morgan fingerprint density at radius 3 is 2.12 bits per heavy atom. The quantitative estimate of drug-likeness (QED) is 0.116. The SMILES string of the molecule is CCCCCCCCCCCCCCOc1ccc(CCN(C(C)=O)c2cccc(C[n+]3cc(C)n[nH]3)c2)cc1. The highest BCUT2D eigenvalue weighted by atomic mass is 16.5. The van der Waals surface area contributed by atoms with Gasteiger partial charge in [0.15, 0.2) is 6.20 Å². The van der Waals surface area contributed by atoms with Gasteiger partial charge in [-0.25, -0.2) is 0 Å². The second-order valence-electron chi connectivity index (χ2n) is 11.1. The molecule has 3 rings (SSSR count). The largest absolute Gasteiger partial charge is 0.494 e. The molecular formula is C34H51N4O2+. The highest BCUT2D eigenvalue weighted by Crippen LogP contribution is 2.19. The van der Waals surface area contributed by atoms with Gasteiger partial charge in [-0.05, 0) is 48.2 Å². The zero-order valence-corrected chi connectivity index (χ0v) is 25.2. The molecule has 218 valence electrons. The Hall–Kier alpha value is -3.15. The summed E-state index contributed by atoms with van der Waals surface area (Å²) in [6, 6.07) is 16.5. The Morgan fingerprint density at radius 1 is 0.875 bits per heavy atom. The van der Waals surface area contributed by atoms with Crippen LogP contribution < -0.4 is 14.3 Å². The smallest absolute Gasteiger partial charge is 0.223 e. The zero-order valence-electron chi connectivity index (χ0n) is 25.2. The lowest BCUT2D eigenvalue weighted by atomic mass is 10.1. The molecule has 0 saturated heterocycles. The van der Waals surface area contributed by atoms with Crippen molar-refractivity contribution in [2.45, 2.75) is 111 Å². The van der Waals surface area contributed by atoms with Gasteiger partial charge in [0.25, 0.3) is 0 Å². The number of nitrogens with zero attached hydrogens (tertiary/aromatic N) is 3. The van der Waals surface area contributed by atoms with Crippen LogP contribution in [0.4, 0.5) is 5.69 Å². The van der Waals surface area contributed by atoms with Crippen molar-refractivity contribution in [2.75, 3.05) is 18.1 Å². The summed E-state index contributed by atoms with van der Waals surface area (Å²) in [5.74, 6) is 0.971. The fourth-order valence-electron chi connectivity index (χ4n) is 5.12. The van der Waals surface area contributed by atoms with Crippen LogP contribution in [0.3, 0.4) is 0 Å². The topological polar surface area (TPSA) is 62.1 Å². The first kappa shape index (κ1) is 31.4. The molecule has 1 aromatic heterocycles. The lowest BCUT2D eigenvalue weighted by Gasteiger charge is -2.22. The third kappa shape index (κ3) is 11.9. The molecule has 1 N–H and O–H groups in total. The molecule has 0 saturated carbocycles. The number of H-pyrrole nitrogens is 1. The van der Waals surface area contributed by atoms with E-state index in [-0.39, 0.29) is 5.91 Å². The summed E-state index contributed by atoms with van der Waals surface area (Å²) >= 11 is 0. The molecule has 6 heteroatoms. The molecule has 0 unspecified atom stereocenters. The molecule has 0 bridgehead atoms. The minimum atomic E-state index is 0.0459. The summed E-state index contributed by atoms with van der Waals surface area (Å²) in [5.41, 5.74) is 4.18. The fraction of sp³-hybridized carbons (Fsp3) is 0.559. The highest BCUT2D eigenvalue weighted by molar-refractivity contribution is 5.91. The number of nitrogens with one attached hydrogen (secondary N) is 1. The van der Waals surface area contributed by atoms with Crippen molar-refractivity contribution in [1.82, 2.24) is 10.3 Å². The second-order valence-corrected chi connectivity index (χ2v) is 11.1. The summed E-state index contributed by atoms with van der Waals surface area (Å²) in [6.07, 6.45) is 19.0. The zero-order chi connectivity index (χ0) is 28.4. The first-order chi connectivity index (χ1) is 19.5. The van der Waals surface area contributed by atoms with Crippen LogP contribution in [0.25, 0.3) is 0 Å². The number of unbranched alkanes of at least 4 members (excludes halogenated alkanes) is 11. The van der Waals surface area contributed by atoms with E-state index >= 15 is 0 Å². The maximum absolute atomic E-state index is 12.5. The van der Waals surface area contributed by atoms with E-state index in [4.69, 9.17) is 4.74 Å². The lowest BCUT2D eigenvalue weighted by molar-refractivity contribution is -0.745. The summed E-state index contributed by atoms with van der Waals surface area (Å²) in [5, 5.41) is 7.17. The number of benzene rings is 2. The van der Waals surface area contributed by atoms with Gasteiger partial charge in [0.2, 0.25) is 11.6 Å². The number of aryl methyl sites for hydroxylation is 1. The number of hydrogen-bond acceptors (Lipinski definition) is 3. The molecule has 2 aromatic carbocycles. The molecular weight excluding hydrogens is 496 g/mol. The van der Waals surface area contributed by atoms with Crippen molar-refractivity contribution in [1.29, 1.82) is 0 Å². The molecule has 0 atom stereocenters. The molecule has 40 heavy (non-hydrogen) atoms. The molecule has 0 spiro atoms. The van der Waals surface area contributed by atoms with Crippen LogP contribution >= 0.6 is 0 Å². The van der Waals surface area contributed by atoms with Gasteiger partial charge in [0.05, 0.1) is 6.61 Å². The Bertz CT molecular complexity index is 1110. The Kier molecular flexibility index (Phi) is 14.3. The van der Waals surface area contributed by atoms with Crippen molar-refractivity contribution in [2.24, 2.45) is 0 Å². The van der Waals surface area contributed by atoms with Crippen molar-refractivity contribution in [3.8, 4) is 5.75 Å². The van der Waals surface area contributed by atoms with Crippen LogP contribution in [0.15, 0.2) is 54.7 Å². The standard InChI is InChI=1S/C34H50N4O2/c1-4-5-6-7-8-9-10-11-12-13-14-15-25-40-34-21-19-31(20-22-34)23-24-38(30(3)39)33-18-16-17-32(26-33)28-37-27-29(2)35-36-37/h16-22,26-27H,4-15,23-25,28H2,1-3H3/p+1. The number of anilines is 1. The Labute approximate surface area is 242 Å². The molecule has 1 heterocycles. The summed E-state index contributed by atoms with van der Waals surface area (Å²) in [4.78, 5) is 14.3. The molecule has 3 aromatic rings. The number of ether oxygens (including phenoxy) is 1. The van der Waals surface area contributed by atoms with Gasteiger partial charge in [-0.2, -0.15) is 4.68 Å². The van der Waals surface area contributed by atoms with Gasteiger partial charge in [0, 0.05) is 31.2 Å². The van der Waals surface area contributed by atoms with Gasteiger partial charge in [-0.1, -0.05) is 107 Å². The number of hydrogen-bond donors (Lipinski definition) is 1. The summed E-state index contributed by atoms with van der Waals surface area (Å²) in [6.45, 7) is 7.96. The van der Waals surface area contributed by atoms with Crippen LogP contribution in [0.5, 0.6) is 5.75 Å². The lowest BCUT2D eigenvalue weighted by Crippen LogP contribution is -2.36. The average Bonchev–Trinajstić information content (AvgIpc) is 3.36. The third-order valence-electron chi connectivity index (χ3n) is 7.47. The van der Waals surface area contributed by atoms with E-state index in [0.29, 0.717) is 13.1 Å². The van der Waals surface area contributed by atoms with Crippen molar-refractivity contribution in [3.63, 3.8) is 0 Å². The highest BCUT2D eigenvalue weighted by Gasteiger charge is 2.13. The third-order valence-corrected chi connectivity index (χ3v) is 7.47. The maximum atomic E-state index is 12.5. The number of carbonyl (C=O) groups is 1. The monoisotopic (exact) mass is 547 g/mol. The van der Waals surface area contributed by atoms with Gasteiger partial charge in [-0.15, -0.1) is 0 Å². The number of aromatic amines is 1. The van der Waals surface area contributed by atoms with Gasteiger partial charge in [0.1, 0.15) is 12.3 Å². The summed E-state index contributed by atoms with van der Waals surface area (Å²) < 4.78 is 7.91. The van der Waals surface area contributed by atoms with Crippen molar-refractivity contribution >= 4 is 11.6 Å². The molecule has 0 radical (unpaired) electrons. The van der Waals surface area contributed by atoms with E-state index in [1.165, 1.54) is 76.2 Å². The predicted molar refractivity (Wildman–Crippen MR) is 164 cm³/mol. The minimum Gasteiger partial charge on any atom is -0.494 e. The Balaban J connectivity index is 1.32. The Morgan fingerprint density at radius 2 is 1.52 bits per heavy atom. The van der Waals surface area contributed by atoms with E-state index in [2.05, 4.69) is 53.6 Å². The second kappa shape index (κ2) is 18.2. The number of rotatable bonds is 20. The molecule has 0 aliphatic rings. The molecule has 6 nitrogen and oxygen atoms in total. The number of aromatic nitrogens is 3. The van der Waals surface area contributed by atoms with Crippen LogP contribution in [0.1, 0.15) is 108 Å². The van der Waals surface area contributed by atoms with E-state index in [1.54, 1.807) is 6.92 Å². The van der Waals surface area contributed by atoms with Crippen molar-refractivity contribution in [3.05, 3.63) is 71.5 Å². The molecule has 0 aliphatic carbocycles. The minimum absolute atomic E-state index is 0.0459. The van der Waals surface area contributed by atoms with Crippen LogP contribution in [0, 0.1) is 6.92 Å². The first-order valence-electron chi connectivity index (χ1n) is 15.6. The summed E-state index contributed by atoms with van der Waals surface area (Å²) in [7, 11) is 0. The van der Waals surface area contributed by atoms with E-state index in [0.717, 1.165) is 42.1 Å². The van der Waals surface area contributed by atoms with Crippen LogP contribution in [-0.2, 0) is 17.8 Å². The number of carbonyl (C=O) groups excluding carboxylic acids is 1. The van der Waals surface area contributed by atoms with E-state index in [9.17, 15) is 4.79 Å². The van der Waals surface area contributed by atoms with Crippen LogP contribution in [0.2, 0.25) is 0 Å². The van der Waals surface area contributed by atoms with Gasteiger partial charge < -0.3 is 9.64 Å². The van der Waals surface area contributed by atoms with E-state index < -0.39 is 0 Å². The normalized spacial score (nSPS) is 11.1. The predicted octanol–water partition coefficient (Wildman–Crippen LogP) is 7.73. The van der Waals surface area contributed by atoms with Crippen LogP contribution in [-0.4, -0.2) is 29.4 Å². The molecule has 1 amide bonds. The number of amides is 1. The van der Waals surface area contributed by atoms with E-state index in [1.807, 2.05) is 34.8 Å². The maximum Gasteiger partial charge on any atom is 0.223 e.